The number of aliphatic hydroxyl groups excluding tert-OH is 1. The van der Waals surface area contributed by atoms with Crippen LogP contribution in [0.25, 0.3) is 22.0 Å². The molecule has 6 rings (SSSR count). The Balaban J connectivity index is 1.39. The van der Waals surface area contributed by atoms with Gasteiger partial charge in [-0.15, -0.1) is 0 Å². The van der Waals surface area contributed by atoms with Crippen molar-refractivity contribution in [3.8, 4) is 17.3 Å². The van der Waals surface area contributed by atoms with E-state index in [9.17, 15) is 10.4 Å². The minimum Gasteiger partial charge on any atom is -0.393 e. The summed E-state index contributed by atoms with van der Waals surface area (Å²) in [7, 11) is 0. The Kier molecular flexibility index (Phi) is 5.51. The van der Waals surface area contributed by atoms with Crippen LogP contribution in [0.5, 0.6) is 0 Å². The molecule has 1 saturated carbocycles. The molecule has 2 aliphatic rings. The van der Waals surface area contributed by atoms with Gasteiger partial charge >= 0.3 is 0 Å². The molecule has 1 saturated heterocycles. The predicted octanol–water partition coefficient (Wildman–Crippen LogP) is 5.15. The fraction of sp³-hybridized carbons (Fsp3) is 0.286. The van der Waals surface area contributed by atoms with Gasteiger partial charge < -0.3 is 15.3 Å². The molecule has 1 aliphatic heterocycles. The minimum atomic E-state index is -0.222. The number of rotatable bonds is 5. The zero-order valence-corrected chi connectivity index (χ0v) is 19.4. The third-order valence-corrected chi connectivity index (χ3v) is 6.85. The zero-order valence-electron chi connectivity index (χ0n) is 19.4. The number of hydrogen-bond donors (Lipinski definition) is 2. The summed E-state index contributed by atoms with van der Waals surface area (Å²) in [4.78, 5) is 16.3. The fourth-order valence-electron chi connectivity index (χ4n) is 4.76. The van der Waals surface area contributed by atoms with E-state index < -0.39 is 0 Å². The molecule has 2 N–H and O–H groups in total. The standard InChI is InChI=1S/C28H26N6O/c29-17-18-5-9-30-26(13-18)33-27-16-22(19-1-2-19)15-25(32-27)21-4-3-20-6-10-31-28(24(20)14-21)34-11-7-23(35)8-12-34/h3-6,9-10,13-16,19,23,35H,1-2,7-8,11-12H2,(H,30,32,33). The van der Waals surface area contributed by atoms with Gasteiger partial charge in [0.1, 0.15) is 17.5 Å². The summed E-state index contributed by atoms with van der Waals surface area (Å²) in [5.41, 5.74) is 3.76. The van der Waals surface area contributed by atoms with Crippen molar-refractivity contribution >= 4 is 28.2 Å². The lowest BCUT2D eigenvalue weighted by atomic mass is 10.0. The SMILES string of the molecule is N#Cc1ccnc(Nc2cc(C3CC3)cc(-c3ccc4ccnc(N5CCC(O)CC5)c4c3)n2)c1. The van der Waals surface area contributed by atoms with Crippen LogP contribution in [0, 0.1) is 11.3 Å². The molecule has 1 aromatic carbocycles. The number of benzene rings is 1. The van der Waals surface area contributed by atoms with Gasteiger partial charge in [-0.05, 0) is 78.9 Å². The second-order valence-corrected chi connectivity index (χ2v) is 9.40. The monoisotopic (exact) mass is 462 g/mol. The first-order valence-electron chi connectivity index (χ1n) is 12.1. The van der Waals surface area contributed by atoms with Crippen LogP contribution in [0.2, 0.25) is 0 Å². The van der Waals surface area contributed by atoms with Crippen molar-refractivity contribution in [2.45, 2.75) is 37.7 Å². The molecule has 0 bridgehead atoms. The van der Waals surface area contributed by atoms with Gasteiger partial charge in [-0.25, -0.2) is 15.0 Å². The lowest BCUT2D eigenvalue weighted by Gasteiger charge is -2.31. The predicted molar refractivity (Wildman–Crippen MR) is 137 cm³/mol. The summed E-state index contributed by atoms with van der Waals surface area (Å²) in [5.74, 6) is 2.86. The number of aliphatic hydroxyl groups is 1. The van der Waals surface area contributed by atoms with Crippen LogP contribution in [-0.4, -0.2) is 39.3 Å². The Hall–Kier alpha value is -4.02. The highest BCUT2D eigenvalue weighted by atomic mass is 16.3. The van der Waals surface area contributed by atoms with Gasteiger partial charge in [0, 0.05) is 36.4 Å². The van der Waals surface area contributed by atoms with E-state index in [0.717, 1.165) is 59.6 Å². The minimum absolute atomic E-state index is 0.222. The number of nitriles is 1. The van der Waals surface area contributed by atoms with Crippen molar-refractivity contribution in [2.24, 2.45) is 0 Å². The van der Waals surface area contributed by atoms with E-state index in [1.54, 1.807) is 18.3 Å². The second kappa shape index (κ2) is 8.97. The Morgan fingerprint density at radius 2 is 1.74 bits per heavy atom. The van der Waals surface area contributed by atoms with Gasteiger partial charge in [-0.1, -0.05) is 12.1 Å². The van der Waals surface area contributed by atoms with E-state index in [1.807, 2.05) is 12.3 Å². The largest absolute Gasteiger partial charge is 0.393 e. The number of fused-ring (bicyclic) bond motifs is 1. The first-order valence-corrected chi connectivity index (χ1v) is 12.1. The molecular weight excluding hydrogens is 436 g/mol. The van der Waals surface area contributed by atoms with Crippen molar-refractivity contribution in [3.05, 3.63) is 72.1 Å². The summed E-state index contributed by atoms with van der Waals surface area (Å²) >= 11 is 0. The Morgan fingerprint density at radius 1 is 0.914 bits per heavy atom. The molecule has 1 aliphatic carbocycles. The quantitative estimate of drug-likeness (QED) is 0.423. The normalized spacial score (nSPS) is 16.3. The van der Waals surface area contributed by atoms with Gasteiger partial charge in [-0.2, -0.15) is 5.26 Å². The molecule has 0 unspecified atom stereocenters. The van der Waals surface area contributed by atoms with Crippen LogP contribution in [0.3, 0.4) is 0 Å². The number of hydrogen-bond acceptors (Lipinski definition) is 7. The van der Waals surface area contributed by atoms with Crippen molar-refractivity contribution in [2.75, 3.05) is 23.3 Å². The highest BCUT2D eigenvalue weighted by Crippen LogP contribution is 2.42. The third kappa shape index (κ3) is 4.53. The Bertz CT molecular complexity index is 1430. The van der Waals surface area contributed by atoms with E-state index in [1.165, 1.54) is 18.4 Å². The number of nitrogens with zero attached hydrogens (tertiary/aromatic N) is 5. The van der Waals surface area contributed by atoms with Crippen LogP contribution in [0.15, 0.2) is 60.9 Å². The van der Waals surface area contributed by atoms with Gasteiger partial charge in [0.2, 0.25) is 0 Å². The summed E-state index contributed by atoms with van der Waals surface area (Å²) < 4.78 is 0. The van der Waals surface area contributed by atoms with Crippen molar-refractivity contribution in [3.63, 3.8) is 0 Å². The molecule has 3 aromatic heterocycles. The Morgan fingerprint density at radius 3 is 2.54 bits per heavy atom. The molecular formula is C28H26N6O. The molecule has 0 amide bonds. The van der Waals surface area contributed by atoms with Gasteiger partial charge in [0.15, 0.2) is 0 Å². The number of pyridine rings is 3. The number of anilines is 3. The average molecular weight is 463 g/mol. The molecule has 7 heteroatoms. The lowest BCUT2D eigenvalue weighted by molar-refractivity contribution is 0.145. The van der Waals surface area contributed by atoms with Crippen LogP contribution in [0.4, 0.5) is 17.5 Å². The molecule has 4 heterocycles. The molecule has 0 radical (unpaired) electrons. The topological polar surface area (TPSA) is 98.0 Å². The van der Waals surface area contributed by atoms with Gasteiger partial charge in [0.05, 0.1) is 23.4 Å². The maximum atomic E-state index is 9.94. The summed E-state index contributed by atoms with van der Waals surface area (Å²) in [5, 5.41) is 24.7. The van der Waals surface area contributed by atoms with Crippen LogP contribution >= 0.6 is 0 Å². The van der Waals surface area contributed by atoms with E-state index in [-0.39, 0.29) is 6.10 Å². The fourth-order valence-corrected chi connectivity index (χ4v) is 4.76. The van der Waals surface area contributed by atoms with E-state index in [4.69, 9.17) is 9.97 Å². The number of nitrogens with one attached hydrogen (secondary N) is 1. The van der Waals surface area contributed by atoms with Gasteiger partial charge in [-0.3, -0.25) is 0 Å². The van der Waals surface area contributed by atoms with Crippen molar-refractivity contribution < 1.29 is 5.11 Å². The molecule has 0 atom stereocenters. The van der Waals surface area contributed by atoms with Crippen LogP contribution < -0.4 is 10.2 Å². The summed E-state index contributed by atoms with van der Waals surface area (Å²) in [6.45, 7) is 1.60. The maximum Gasteiger partial charge on any atom is 0.136 e. The van der Waals surface area contributed by atoms with Crippen LogP contribution in [-0.2, 0) is 0 Å². The first kappa shape index (κ1) is 21.5. The summed E-state index contributed by atoms with van der Waals surface area (Å²) in [6.07, 6.45) is 7.18. The highest BCUT2D eigenvalue weighted by molar-refractivity contribution is 5.95. The van der Waals surface area contributed by atoms with Crippen LogP contribution in [0.1, 0.15) is 42.7 Å². The number of piperidine rings is 1. The van der Waals surface area contributed by atoms with Crippen molar-refractivity contribution in [1.29, 1.82) is 5.26 Å². The molecule has 4 aromatic rings. The maximum absolute atomic E-state index is 9.94. The molecule has 174 valence electrons. The first-order chi connectivity index (χ1) is 17.2. The highest BCUT2D eigenvalue weighted by Gasteiger charge is 2.25. The van der Waals surface area contributed by atoms with E-state index >= 15 is 0 Å². The smallest absolute Gasteiger partial charge is 0.136 e. The molecule has 2 fully saturated rings. The second-order valence-electron chi connectivity index (χ2n) is 9.40. The van der Waals surface area contributed by atoms with E-state index in [2.05, 4.69) is 51.6 Å². The van der Waals surface area contributed by atoms with E-state index in [0.29, 0.717) is 17.3 Å². The van der Waals surface area contributed by atoms with Gasteiger partial charge in [0.25, 0.3) is 0 Å². The molecule has 7 nitrogen and oxygen atoms in total. The summed E-state index contributed by atoms with van der Waals surface area (Å²) in [6, 6.07) is 18.3. The average Bonchev–Trinajstić information content (AvgIpc) is 3.74. The van der Waals surface area contributed by atoms with Crippen molar-refractivity contribution in [1.82, 2.24) is 15.0 Å². The number of aromatic nitrogens is 3. The third-order valence-electron chi connectivity index (χ3n) is 6.85. The molecule has 35 heavy (non-hydrogen) atoms. The molecule has 0 spiro atoms. The Labute approximate surface area is 204 Å². The zero-order chi connectivity index (χ0) is 23.8. The lowest BCUT2D eigenvalue weighted by Crippen LogP contribution is -2.36.